The average molecular weight is 323 g/mol. The summed E-state index contributed by atoms with van der Waals surface area (Å²) in [4.78, 5) is 23.3. The topological polar surface area (TPSA) is 104 Å². The highest BCUT2D eigenvalue weighted by Gasteiger charge is 2.16. The molecule has 0 saturated heterocycles. The van der Waals surface area contributed by atoms with Crippen LogP contribution < -0.4 is 10.6 Å². The molecule has 1 unspecified atom stereocenters. The maximum Gasteiger partial charge on any atom is 0.314 e. The third-order valence-electron chi connectivity index (χ3n) is 3.16. The molecule has 0 saturated carbocycles. The van der Waals surface area contributed by atoms with Crippen molar-refractivity contribution in [2.24, 2.45) is 0 Å². The normalized spacial score (nSPS) is 11.9. The van der Waals surface area contributed by atoms with Crippen molar-refractivity contribution in [3.8, 4) is 0 Å². The molecule has 7 nitrogen and oxygen atoms in total. The lowest BCUT2D eigenvalue weighted by Crippen LogP contribution is -2.36. The van der Waals surface area contributed by atoms with Crippen molar-refractivity contribution in [2.75, 3.05) is 18.5 Å². The lowest BCUT2D eigenvalue weighted by atomic mass is 9.95. The first-order valence-electron chi connectivity index (χ1n) is 6.83. The summed E-state index contributed by atoms with van der Waals surface area (Å²) >= 11 is 1.59. The van der Waals surface area contributed by atoms with Crippen molar-refractivity contribution >= 4 is 29.0 Å². The predicted octanol–water partition coefficient (Wildman–Crippen LogP) is 1.35. The minimum atomic E-state index is -0.789. The molecular formula is C14H17N3O4S. The van der Waals surface area contributed by atoms with Crippen LogP contribution in [0.1, 0.15) is 24.3 Å². The fourth-order valence-electron chi connectivity index (χ4n) is 2.03. The fraction of sp³-hybridized carbons (Fsp3) is 0.357. The van der Waals surface area contributed by atoms with Crippen LogP contribution in [-0.2, 0) is 9.59 Å². The second kappa shape index (κ2) is 8.30. The highest BCUT2D eigenvalue weighted by Crippen LogP contribution is 2.24. The summed E-state index contributed by atoms with van der Waals surface area (Å²) in [5, 5.41) is 21.5. The summed E-state index contributed by atoms with van der Waals surface area (Å²) < 4.78 is 4.56. The molecule has 3 N–H and O–H groups in total. The Balaban J connectivity index is 1.76. The minimum absolute atomic E-state index is 0.0844. The van der Waals surface area contributed by atoms with Gasteiger partial charge in [-0.3, -0.25) is 14.9 Å². The Morgan fingerprint density at radius 1 is 1.32 bits per heavy atom. The average Bonchev–Trinajstić information content (AvgIpc) is 3.19. The summed E-state index contributed by atoms with van der Waals surface area (Å²) in [5.41, 5.74) is 1.14. The lowest BCUT2D eigenvalue weighted by Gasteiger charge is -2.14. The van der Waals surface area contributed by atoms with Crippen molar-refractivity contribution in [3.63, 3.8) is 0 Å². The molecule has 8 heteroatoms. The monoisotopic (exact) mass is 323 g/mol. The van der Waals surface area contributed by atoms with Gasteiger partial charge in [0, 0.05) is 19.2 Å². The molecule has 22 heavy (non-hydrogen) atoms. The Labute approximate surface area is 131 Å². The Bertz CT molecular complexity index is 583. The zero-order valence-corrected chi connectivity index (χ0v) is 12.6. The summed E-state index contributed by atoms with van der Waals surface area (Å²) in [5.74, 6) is -1.16. The van der Waals surface area contributed by atoms with Crippen LogP contribution in [-0.4, -0.2) is 35.2 Å². The molecule has 2 heterocycles. The van der Waals surface area contributed by atoms with E-state index >= 15 is 0 Å². The number of rotatable bonds is 7. The smallest absolute Gasteiger partial charge is 0.314 e. The van der Waals surface area contributed by atoms with Crippen LogP contribution in [0.5, 0.6) is 0 Å². The molecule has 2 amide bonds. The first-order chi connectivity index (χ1) is 10.7. The Morgan fingerprint density at radius 2 is 2.18 bits per heavy atom. The largest absolute Gasteiger partial charge is 0.396 e. The molecule has 2 aromatic rings. The summed E-state index contributed by atoms with van der Waals surface area (Å²) in [6, 6.07) is 3.45. The number of amides is 2. The third kappa shape index (κ3) is 4.68. The van der Waals surface area contributed by atoms with Gasteiger partial charge < -0.3 is 14.9 Å². The first kappa shape index (κ1) is 16.2. The van der Waals surface area contributed by atoms with Gasteiger partial charge in [-0.1, -0.05) is 5.16 Å². The van der Waals surface area contributed by atoms with E-state index < -0.39 is 11.8 Å². The Kier molecular flexibility index (Phi) is 6.11. The van der Waals surface area contributed by atoms with E-state index in [0.717, 1.165) is 5.56 Å². The minimum Gasteiger partial charge on any atom is -0.396 e. The van der Waals surface area contributed by atoms with Gasteiger partial charge in [-0.05, 0) is 41.1 Å². The molecule has 2 rings (SSSR count). The molecule has 0 bridgehead atoms. The third-order valence-corrected chi connectivity index (χ3v) is 3.86. The summed E-state index contributed by atoms with van der Waals surface area (Å²) in [7, 11) is 0. The number of hydrogen-bond donors (Lipinski definition) is 3. The van der Waals surface area contributed by atoms with Gasteiger partial charge in [-0.2, -0.15) is 11.3 Å². The molecule has 118 valence electrons. The van der Waals surface area contributed by atoms with Crippen molar-refractivity contribution in [2.45, 2.75) is 18.8 Å². The summed E-state index contributed by atoms with van der Waals surface area (Å²) in [6.45, 7) is 0.437. The Hall–Kier alpha value is -2.19. The molecule has 1 atom stereocenters. The number of nitrogens with zero attached hydrogens (tertiary/aromatic N) is 1. The number of thiophene rings is 1. The van der Waals surface area contributed by atoms with E-state index in [9.17, 15) is 9.59 Å². The maximum absolute atomic E-state index is 11.7. The van der Waals surface area contributed by atoms with E-state index in [4.69, 9.17) is 5.11 Å². The van der Waals surface area contributed by atoms with Crippen LogP contribution in [0.4, 0.5) is 5.82 Å². The van der Waals surface area contributed by atoms with Crippen LogP contribution in [0.2, 0.25) is 0 Å². The van der Waals surface area contributed by atoms with E-state index in [2.05, 4.69) is 20.3 Å². The van der Waals surface area contributed by atoms with Gasteiger partial charge in [0.05, 0.1) is 0 Å². The van der Waals surface area contributed by atoms with Gasteiger partial charge in [-0.25, -0.2) is 0 Å². The number of carbonyl (C=O) groups excluding carboxylic acids is 2. The predicted molar refractivity (Wildman–Crippen MR) is 81.5 cm³/mol. The number of anilines is 1. The molecule has 0 aliphatic rings. The Morgan fingerprint density at radius 3 is 2.82 bits per heavy atom. The lowest BCUT2D eigenvalue weighted by molar-refractivity contribution is -0.136. The van der Waals surface area contributed by atoms with Crippen molar-refractivity contribution in [1.82, 2.24) is 10.5 Å². The van der Waals surface area contributed by atoms with Crippen molar-refractivity contribution < 1.29 is 19.2 Å². The van der Waals surface area contributed by atoms with Gasteiger partial charge in [0.25, 0.3) is 0 Å². The fourth-order valence-corrected chi connectivity index (χ4v) is 2.77. The van der Waals surface area contributed by atoms with E-state index in [1.54, 1.807) is 11.3 Å². The summed E-state index contributed by atoms with van der Waals surface area (Å²) in [6.07, 6.45) is 2.58. The maximum atomic E-state index is 11.7. The van der Waals surface area contributed by atoms with Gasteiger partial charge in [-0.15, -0.1) is 0 Å². The number of aliphatic hydroxyl groups is 1. The number of hydrogen-bond acceptors (Lipinski definition) is 6. The standard InChI is InChI=1S/C14H17N3O4S/c18-6-2-10(11-4-8-22-9-11)1-5-15-13(19)14(20)16-12-3-7-21-17-12/h3-4,7-10,18H,1-2,5-6H2,(H,15,19)(H,16,17,20). The zero-order chi connectivity index (χ0) is 15.8. The second-order valence-corrected chi connectivity index (χ2v) is 5.43. The van der Waals surface area contributed by atoms with E-state index in [1.807, 2.05) is 16.8 Å². The number of carbonyl (C=O) groups is 2. The second-order valence-electron chi connectivity index (χ2n) is 4.65. The molecule has 0 fully saturated rings. The molecule has 0 aliphatic heterocycles. The van der Waals surface area contributed by atoms with Gasteiger partial charge in [0.2, 0.25) is 0 Å². The molecule has 0 spiro atoms. The van der Waals surface area contributed by atoms with Gasteiger partial charge >= 0.3 is 11.8 Å². The molecular weight excluding hydrogens is 306 g/mol. The highest BCUT2D eigenvalue weighted by atomic mass is 32.1. The molecule has 0 aromatic carbocycles. The van der Waals surface area contributed by atoms with Crippen LogP contribution in [0.25, 0.3) is 0 Å². The van der Waals surface area contributed by atoms with Crippen LogP contribution in [0.15, 0.2) is 33.7 Å². The molecule has 2 aromatic heterocycles. The van der Waals surface area contributed by atoms with Gasteiger partial charge in [0.15, 0.2) is 5.82 Å². The number of nitrogens with one attached hydrogen (secondary N) is 2. The quantitative estimate of drug-likeness (QED) is 0.667. The SMILES string of the molecule is O=C(NCCC(CCO)c1ccsc1)C(=O)Nc1ccon1. The highest BCUT2D eigenvalue weighted by molar-refractivity contribution is 7.07. The number of aromatic nitrogens is 1. The molecule has 0 radical (unpaired) electrons. The van der Waals surface area contributed by atoms with Crippen LogP contribution in [0.3, 0.4) is 0 Å². The van der Waals surface area contributed by atoms with E-state index in [-0.39, 0.29) is 18.3 Å². The van der Waals surface area contributed by atoms with Crippen LogP contribution >= 0.6 is 11.3 Å². The number of aliphatic hydroxyl groups excluding tert-OH is 1. The van der Waals surface area contributed by atoms with Crippen LogP contribution in [0, 0.1) is 0 Å². The van der Waals surface area contributed by atoms with Crippen molar-refractivity contribution in [3.05, 3.63) is 34.7 Å². The van der Waals surface area contributed by atoms with E-state index in [0.29, 0.717) is 19.4 Å². The molecule has 0 aliphatic carbocycles. The van der Waals surface area contributed by atoms with Gasteiger partial charge in [0.1, 0.15) is 6.26 Å². The van der Waals surface area contributed by atoms with Crippen molar-refractivity contribution in [1.29, 1.82) is 0 Å². The first-order valence-corrected chi connectivity index (χ1v) is 7.77. The zero-order valence-electron chi connectivity index (χ0n) is 11.8. The van der Waals surface area contributed by atoms with E-state index in [1.165, 1.54) is 12.3 Å².